The van der Waals surface area contributed by atoms with E-state index in [0.29, 0.717) is 11.3 Å². The van der Waals surface area contributed by atoms with E-state index < -0.39 is 10.8 Å². The summed E-state index contributed by atoms with van der Waals surface area (Å²) in [6.07, 6.45) is 0.0902. The van der Waals surface area contributed by atoms with Gasteiger partial charge in [-0.15, -0.1) is 0 Å². The highest BCUT2D eigenvalue weighted by atomic mass is 16.6. The molecule has 130 valence electrons. The summed E-state index contributed by atoms with van der Waals surface area (Å²) >= 11 is 0. The summed E-state index contributed by atoms with van der Waals surface area (Å²) < 4.78 is 5.54. The molecule has 8 nitrogen and oxygen atoms in total. The number of carbonyl (C=O) groups excluding carboxylic acids is 2. The van der Waals surface area contributed by atoms with Crippen LogP contribution in [0.4, 0.5) is 5.69 Å². The van der Waals surface area contributed by atoms with E-state index >= 15 is 0 Å². The molecule has 0 aliphatic rings. The van der Waals surface area contributed by atoms with Gasteiger partial charge in [-0.25, -0.2) is 0 Å². The van der Waals surface area contributed by atoms with Crippen LogP contribution in [0, 0.1) is 10.1 Å². The molecule has 0 bridgehead atoms. The number of nitrogens with two attached hydrogens (primary N) is 1. The van der Waals surface area contributed by atoms with Gasteiger partial charge < -0.3 is 15.8 Å². The molecule has 0 saturated heterocycles. The van der Waals surface area contributed by atoms with Crippen LogP contribution in [0.2, 0.25) is 0 Å². The molecule has 2 aromatic rings. The molecular formula is C17H17N3O5. The fourth-order valence-corrected chi connectivity index (χ4v) is 1.98. The van der Waals surface area contributed by atoms with E-state index in [9.17, 15) is 19.7 Å². The number of rotatable bonds is 8. The second-order valence-electron chi connectivity index (χ2n) is 5.21. The van der Waals surface area contributed by atoms with Crippen molar-refractivity contribution in [3.8, 4) is 5.75 Å². The Morgan fingerprint density at radius 1 is 1.08 bits per heavy atom. The van der Waals surface area contributed by atoms with Gasteiger partial charge in [-0.05, 0) is 29.8 Å². The first-order chi connectivity index (χ1) is 12.0. The van der Waals surface area contributed by atoms with E-state index in [1.54, 1.807) is 24.3 Å². The van der Waals surface area contributed by atoms with Crippen LogP contribution in [0.25, 0.3) is 0 Å². The minimum absolute atomic E-state index is 0.000879. The molecular weight excluding hydrogens is 326 g/mol. The number of nitrogens with zero attached hydrogens (tertiary/aromatic N) is 1. The van der Waals surface area contributed by atoms with Crippen molar-refractivity contribution in [1.82, 2.24) is 5.32 Å². The van der Waals surface area contributed by atoms with Crippen molar-refractivity contribution in [2.24, 2.45) is 5.73 Å². The number of primary amides is 1. The Morgan fingerprint density at radius 2 is 1.72 bits per heavy atom. The van der Waals surface area contributed by atoms with Gasteiger partial charge in [0, 0.05) is 30.7 Å². The third-order valence-electron chi connectivity index (χ3n) is 3.33. The first kappa shape index (κ1) is 17.9. The smallest absolute Gasteiger partial charge is 0.269 e. The summed E-state index contributed by atoms with van der Waals surface area (Å²) in [7, 11) is 0. The lowest BCUT2D eigenvalue weighted by Crippen LogP contribution is -2.27. The van der Waals surface area contributed by atoms with Crippen molar-refractivity contribution in [2.75, 3.05) is 6.54 Å². The predicted octanol–water partition coefficient (Wildman–Crippen LogP) is 1.78. The Balaban J connectivity index is 1.86. The normalized spacial score (nSPS) is 10.1. The first-order valence-electron chi connectivity index (χ1n) is 7.48. The number of benzene rings is 2. The molecule has 0 saturated carbocycles. The second kappa shape index (κ2) is 8.44. The Kier molecular flexibility index (Phi) is 6.05. The van der Waals surface area contributed by atoms with E-state index in [4.69, 9.17) is 10.5 Å². The minimum Gasteiger partial charge on any atom is -0.489 e. The van der Waals surface area contributed by atoms with Crippen LogP contribution in [-0.2, 0) is 11.4 Å². The Morgan fingerprint density at radius 3 is 2.28 bits per heavy atom. The molecule has 2 amide bonds. The predicted molar refractivity (Wildman–Crippen MR) is 90.0 cm³/mol. The number of nitrogens with one attached hydrogen (secondary N) is 1. The average molecular weight is 343 g/mol. The van der Waals surface area contributed by atoms with Gasteiger partial charge in [-0.3, -0.25) is 19.7 Å². The molecule has 0 aromatic heterocycles. The molecule has 2 rings (SSSR count). The van der Waals surface area contributed by atoms with Gasteiger partial charge >= 0.3 is 0 Å². The lowest BCUT2D eigenvalue weighted by Gasteiger charge is -2.07. The maximum Gasteiger partial charge on any atom is 0.269 e. The Bertz CT molecular complexity index is 757. The van der Waals surface area contributed by atoms with Crippen molar-refractivity contribution in [3.63, 3.8) is 0 Å². The SMILES string of the molecule is NC(=O)CCNC(=O)c1ccc(COc2ccc([N+](=O)[O-])cc2)cc1. The van der Waals surface area contributed by atoms with E-state index in [-0.39, 0.29) is 31.2 Å². The molecule has 0 aliphatic carbocycles. The highest BCUT2D eigenvalue weighted by Gasteiger charge is 2.07. The first-order valence-corrected chi connectivity index (χ1v) is 7.48. The summed E-state index contributed by atoms with van der Waals surface area (Å²) in [5.74, 6) is -0.248. The Labute approximate surface area is 143 Å². The van der Waals surface area contributed by atoms with Crippen LogP contribution in [-0.4, -0.2) is 23.3 Å². The van der Waals surface area contributed by atoms with E-state index in [0.717, 1.165) is 5.56 Å². The summed E-state index contributed by atoms with van der Waals surface area (Å²) in [6.45, 7) is 0.459. The van der Waals surface area contributed by atoms with Crippen LogP contribution in [0.3, 0.4) is 0 Å². The highest BCUT2D eigenvalue weighted by molar-refractivity contribution is 5.94. The van der Waals surface area contributed by atoms with Crippen molar-refractivity contribution in [3.05, 3.63) is 69.8 Å². The second-order valence-corrected chi connectivity index (χ2v) is 5.21. The van der Waals surface area contributed by atoms with Gasteiger partial charge in [0.2, 0.25) is 5.91 Å². The standard InChI is InChI=1S/C17H17N3O5/c18-16(21)9-10-19-17(22)13-3-1-12(2-4-13)11-25-15-7-5-14(6-8-15)20(23)24/h1-8H,9-11H2,(H2,18,21)(H,19,22). The number of nitro benzene ring substituents is 1. The fourth-order valence-electron chi connectivity index (χ4n) is 1.98. The van der Waals surface area contributed by atoms with E-state index in [2.05, 4.69) is 5.32 Å². The van der Waals surface area contributed by atoms with Crippen LogP contribution in [0.5, 0.6) is 5.75 Å². The fraction of sp³-hybridized carbons (Fsp3) is 0.176. The number of amides is 2. The van der Waals surface area contributed by atoms with E-state index in [1.165, 1.54) is 24.3 Å². The third kappa shape index (κ3) is 5.61. The molecule has 0 spiro atoms. The van der Waals surface area contributed by atoms with Crippen molar-refractivity contribution in [1.29, 1.82) is 0 Å². The van der Waals surface area contributed by atoms with Gasteiger partial charge in [0.25, 0.3) is 11.6 Å². The summed E-state index contributed by atoms with van der Waals surface area (Å²) in [5.41, 5.74) is 6.30. The lowest BCUT2D eigenvalue weighted by molar-refractivity contribution is -0.384. The molecule has 2 aromatic carbocycles. The van der Waals surface area contributed by atoms with Gasteiger partial charge in [-0.2, -0.15) is 0 Å². The minimum atomic E-state index is -0.475. The van der Waals surface area contributed by atoms with Gasteiger partial charge in [0.15, 0.2) is 0 Å². The molecule has 0 radical (unpaired) electrons. The molecule has 8 heteroatoms. The van der Waals surface area contributed by atoms with Crippen LogP contribution >= 0.6 is 0 Å². The zero-order valence-electron chi connectivity index (χ0n) is 13.3. The number of non-ortho nitro benzene ring substituents is 1. The topological polar surface area (TPSA) is 125 Å². The van der Waals surface area contributed by atoms with Gasteiger partial charge in [0.1, 0.15) is 12.4 Å². The van der Waals surface area contributed by atoms with E-state index in [1.807, 2.05) is 0 Å². The van der Waals surface area contributed by atoms with Crippen molar-refractivity contribution >= 4 is 17.5 Å². The summed E-state index contributed by atoms with van der Waals surface area (Å²) in [5, 5.41) is 13.2. The molecule has 3 N–H and O–H groups in total. The molecule has 0 aliphatic heterocycles. The zero-order chi connectivity index (χ0) is 18.2. The number of ether oxygens (including phenoxy) is 1. The van der Waals surface area contributed by atoms with Crippen LogP contribution in [0.1, 0.15) is 22.3 Å². The lowest BCUT2D eigenvalue weighted by atomic mass is 10.1. The summed E-state index contributed by atoms with van der Waals surface area (Å²) in [4.78, 5) is 32.6. The average Bonchev–Trinajstić information content (AvgIpc) is 2.60. The number of hydrogen-bond donors (Lipinski definition) is 2. The largest absolute Gasteiger partial charge is 0.489 e. The zero-order valence-corrected chi connectivity index (χ0v) is 13.3. The van der Waals surface area contributed by atoms with Gasteiger partial charge in [-0.1, -0.05) is 12.1 Å². The number of nitro groups is 1. The van der Waals surface area contributed by atoms with Gasteiger partial charge in [0.05, 0.1) is 4.92 Å². The molecule has 0 fully saturated rings. The number of hydrogen-bond acceptors (Lipinski definition) is 5. The summed E-state index contributed by atoms with van der Waals surface area (Å²) in [6, 6.07) is 12.6. The number of carbonyl (C=O) groups is 2. The monoisotopic (exact) mass is 343 g/mol. The van der Waals surface area contributed by atoms with Crippen molar-refractivity contribution in [2.45, 2.75) is 13.0 Å². The molecule has 0 heterocycles. The maximum absolute atomic E-state index is 11.9. The third-order valence-corrected chi connectivity index (χ3v) is 3.33. The van der Waals surface area contributed by atoms with Crippen LogP contribution in [0.15, 0.2) is 48.5 Å². The van der Waals surface area contributed by atoms with Crippen LogP contribution < -0.4 is 15.8 Å². The highest BCUT2D eigenvalue weighted by Crippen LogP contribution is 2.18. The quantitative estimate of drug-likeness (QED) is 0.558. The molecule has 0 atom stereocenters. The maximum atomic E-state index is 11.9. The molecule has 25 heavy (non-hydrogen) atoms. The Hall–Kier alpha value is -3.42. The van der Waals surface area contributed by atoms with Crippen molar-refractivity contribution < 1.29 is 19.2 Å². The molecule has 0 unspecified atom stereocenters.